The van der Waals surface area contributed by atoms with E-state index >= 15 is 0 Å². The Balaban J connectivity index is 1.74. The quantitative estimate of drug-likeness (QED) is 0.763. The number of cyclic esters (lactones) is 1. The molecule has 5 rings (SSSR count). The molecule has 0 radical (unpaired) electrons. The highest BCUT2D eigenvalue weighted by Crippen LogP contribution is 2.55. The first-order valence-electron chi connectivity index (χ1n) is 9.65. The SMILES string of the molecule is COc1cc(C2c3cc4c(cc3[C@@H](O)[C@H]3COC(=O)[C@H]23)OCO4)cc(OC)c1OC. The molecule has 2 heterocycles. The fourth-order valence-electron chi connectivity index (χ4n) is 4.81. The Labute approximate surface area is 173 Å². The third-order valence-electron chi connectivity index (χ3n) is 6.19. The zero-order chi connectivity index (χ0) is 21.0. The van der Waals surface area contributed by atoms with Crippen molar-refractivity contribution in [2.24, 2.45) is 11.8 Å². The van der Waals surface area contributed by atoms with Gasteiger partial charge in [-0.3, -0.25) is 4.79 Å². The highest BCUT2D eigenvalue weighted by molar-refractivity contribution is 5.79. The van der Waals surface area contributed by atoms with Gasteiger partial charge in [0.05, 0.1) is 40.0 Å². The van der Waals surface area contributed by atoms with Crippen LogP contribution in [-0.4, -0.2) is 45.8 Å². The number of rotatable bonds is 4. The second-order valence-corrected chi connectivity index (χ2v) is 7.54. The third kappa shape index (κ3) is 2.60. The van der Waals surface area contributed by atoms with Gasteiger partial charge in [0.1, 0.15) is 0 Å². The Bertz CT molecular complexity index is 991. The summed E-state index contributed by atoms with van der Waals surface area (Å²) in [7, 11) is 4.63. The van der Waals surface area contributed by atoms with Gasteiger partial charge in [0, 0.05) is 11.8 Å². The second kappa shape index (κ2) is 6.98. The van der Waals surface area contributed by atoms with Crippen LogP contribution in [0.25, 0.3) is 0 Å². The summed E-state index contributed by atoms with van der Waals surface area (Å²) in [4.78, 5) is 12.7. The van der Waals surface area contributed by atoms with E-state index < -0.39 is 12.0 Å². The molecule has 3 aliphatic rings. The monoisotopic (exact) mass is 414 g/mol. The maximum absolute atomic E-state index is 12.7. The first kappa shape index (κ1) is 18.9. The summed E-state index contributed by atoms with van der Waals surface area (Å²) in [6.07, 6.45) is -0.843. The second-order valence-electron chi connectivity index (χ2n) is 7.54. The number of aliphatic hydroxyl groups excluding tert-OH is 1. The Hall–Kier alpha value is -3.13. The Morgan fingerprint density at radius 1 is 0.900 bits per heavy atom. The van der Waals surface area contributed by atoms with Crippen LogP contribution in [0.5, 0.6) is 28.7 Å². The van der Waals surface area contributed by atoms with Crippen molar-refractivity contribution >= 4 is 5.97 Å². The topological polar surface area (TPSA) is 92.7 Å². The molecule has 1 aliphatic carbocycles. The number of hydrogen-bond donors (Lipinski definition) is 1. The lowest BCUT2D eigenvalue weighted by molar-refractivity contribution is -0.141. The van der Waals surface area contributed by atoms with E-state index in [-0.39, 0.29) is 31.2 Å². The minimum atomic E-state index is -0.843. The first-order valence-corrected chi connectivity index (χ1v) is 9.65. The van der Waals surface area contributed by atoms with Crippen LogP contribution in [0.4, 0.5) is 0 Å². The van der Waals surface area contributed by atoms with Gasteiger partial charge in [-0.05, 0) is 41.0 Å². The molecule has 4 atom stereocenters. The zero-order valence-electron chi connectivity index (χ0n) is 16.8. The molecule has 158 valence electrons. The maximum atomic E-state index is 12.7. The lowest BCUT2D eigenvalue weighted by Gasteiger charge is -2.37. The highest BCUT2D eigenvalue weighted by atomic mass is 16.7. The van der Waals surface area contributed by atoms with Crippen molar-refractivity contribution in [1.29, 1.82) is 0 Å². The molecule has 30 heavy (non-hydrogen) atoms. The summed E-state index contributed by atoms with van der Waals surface area (Å²) in [5, 5.41) is 11.0. The molecule has 0 aromatic heterocycles. The first-order chi connectivity index (χ1) is 14.6. The largest absolute Gasteiger partial charge is 0.493 e. The number of methoxy groups -OCH3 is 3. The number of carbonyl (C=O) groups is 1. The molecule has 8 nitrogen and oxygen atoms in total. The van der Waals surface area contributed by atoms with Gasteiger partial charge < -0.3 is 33.5 Å². The van der Waals surface area contributed by atoms with Crippen molar-refractivity contribution in [3.05, 3.63) is 41.0 Å². The fourth-order valence-corrected chi connectivity index (χ4v) is 4.81. The van der Waals surface area contributed by atoms with Crippen molar-refractivity contribution < 1.29 is 38.3 Å². The number of aliphatic hydroxyl groups is 1. The van der Waals surface area contributed by atoms with Gasteiger partial charge in [-0.25, -0.2) is 0 Å². The van der Waals surface area contributed by atoms with Crippen LogP contribution in [-0.2, 0) is 9.53 Å². The highest BCUT2D eigenvalue weighted by Gasteiger charge is 2.52. The molecular weight excluding hydrogens is 392 g/mol. The van der Waals surface area contributed by atoms with Gasteiger partial charge in [-0.1, -0.05) is 0 Å². The molecule has 0 spiro atoms. The average molecular weight is 414 g/mol. The lowest BCUT2D eigenvalue weighted by Crippen LogP contribution is -2.34. The van der Waals surface area contributed by atoms with E-state index in [1.807, 2.05) is 18.2 Å². The number of fused-ring (bicyclic) bond motifs is 3. The van der Waals surface area contributed by atoms with Crippen LogP contribution in [0.3, 0.4) is 0 Å². The summed E-state index contributed by atoms with van der Waals surface area (Å²) in [5.41, 5.74) is 2.30. The van der Waals surface area contributed by atoms with Crippen molar-refractivity contribution in [2.45, 2.75) is 12.0 Å². The molecule has 2 aromatic carbocycles. The van der Waals surface area contributed by atoms with Crippen LogP contribution in [0.15, 0.2) is 24.3 Å². The van der Waals surface area contributed by atoms with E-state index in [1.165, 1.54) is 7.11 Å². The minimum absolute atomic E-state index is 0.123. The van der Waals surface area contributed by atoms with Gasteiger partial charge in [0.2, 0.25) is 12.5 Å². The number of carbonyl (C=O) groups excluding carboxylic acids is 1. The van der Waals surface area contributed by atoms with Gasteiger partial charge in [-0.2, -0.15) is 0 Å². The summed E-state index contributed by atoms with van der Waals surface area (Å²) in [6, 6.07) is 7.31. The number of hydrogen-bond acceptors (Lipinski definition) is 8. The third-order valence-corrected chi connectivity index (χ3v) is 6.19. The van der Waals surface area contributed by atoms with Crippen LogP contribution in [0, 0.1) is 11.8 Å². The van der Waals surface area contributed by atoms with E-state index in [4.69, 9.17) is 28.4 Å². The van der Waals surface area contributed by atoms with Crippen molar-refractivity contribution in [3.8, 4) is 28.7 Å². The van der Waals surface area contributed by atoms with E-state index in [0.717, 1.165) is 11.1 Å². The zero-order valence-corrected chi connectivity index (χ0v) is 16.8. The number of esters is 1. The van der Waals surface area contributed by atoms with Gasteiger partial charge in [0.25, 0.3) is 0 Å². The predicted molar refractivity (Wildman–Crippen MR) is 103 cm³/mol. The van der Waals surface area contributed by atoms with E-state index in [9.17, 15) is 9.90 Å². The molecule has 1 unspecified atom stereocenters. The normalized spacial score (nSPS) is 25.9. The maximum Gasteiger partial charge on any atom is 0.310 e. The van der Waals surface area contributed by atoms with Crippen LogP contribution in [0.1, 0.15) is 28.7 Å². The molecule has 0 bridgehead atoms. The Kier molecular flexibility index (Phi) is 4.39. The number of ether oxygens (including phenoxy) is 6. The smallest absolute Gasteiger partial charge is 0.310 e. The molecule has 1 N–H and O–H groups in total. The summed E-state index contributed by atoms with van der Waals surface area (Å²) < 4.78 is 32.9. The van der Waals surface area contributed by atoms with Crippen LogP contribution >= 0.6 is 0 Å². The summed E-state index contributed by atoms with van der Waals surface area (Å²) >= 11 is 0. The van der Waals surface area contributed by atoms with Crippen molar-refractivity contribution in [3.63, 3.8) is 0 Å². The predicted octanol–water partition coefficient (Wildman–Crippen LogP) is 2.41. The van der Waals surface area contributed by atoms with Crippen LogP contribution in [0.2, 0.25) is 0 Å². The standard InChI is InChI=1S/C22H22O8/c1-25-16-4-10(5-17(26-2)21(16)27-3)18-11-6-14-15(30-9-29-14)7-12(11)20(23)13-8-28-22(24)19(13)18/h4-7,13,18-20,23H,8-9H2,1-3H3/t13-,18?,19-,20+/m0/s1. The summed E-state index contributed by atoms with van der Waals surface area (Å²) in [5.74, 6) is 0.989. The summed E-state index contributed by atoms with van der Waals surface area (Å²) in [6.45, 7) is 0.289. The molecular formula is C22H22O8. The number of benzene rings is 2. The molecule has 0 saturated carbocycles. The van der Waals surface area contributed by atoms with Gasteiger partial charge >= 0.3 is 5.97 Å². The van der Waals surface area contributed by atoms with Crippen molar-refractivity contribution in [1.82, 2.24) is 0 Å². The molecule has 0 amide bonds. The minimum Gasteiger partial charge on any atom is -0.493 e. The Morgan fingerprint density at radius 2 is 1.53 bits per heavy atom. The van der Waals surface area contributed by atoms with E-state index in [2.05, 4.69) is 0 Å². The Morgan fingerprint density at radius 3 is 2.13 bits per heavy atom. The molecule has 1 saturated heterocycles. The van der Waals surface area contributed by atoms with Gasteiger partial charge in [0.15, 0.2) is 23.0 Å². The van der Waals surface area contributed by atoms with Crippen molar-refractivity contribution in [2.75, 3.05) is 34.7 Å². The lowest BCUT2D eigenvalue weighted by atomic mass is 9.66. The molecule has 1 fully saturated rings. The van der Waals surface area contributed by atoms with E-state index in [1.54, 1.807) is 20.3 Å². The fraction of sp³-hybridized carbons (Fsp3) is 0.409. The molecule has 2 aromatic rings. The van der Waals surface area contributed by atoms with E-state index in [0.29, 0.717) is 34.3 Å². The molecule has 2 aliphatic heterocycles. The molecule has 8 heteroatoms. The van der Waals surface area contributed by atoms with Gasteiger partial charge in [-0.15, -0.1) is 0 Å². The average Bonchev–Trinajstić information content (AvgIpc) is 3.38. The van der Waals surface area contributed by atoms with Crippen LogP contribution < -0.4 is 23.7 Å².